The molecule has 196 valence electrons. The van der Waals surface area contributed by atoms with Crippen molar-refractivity contribution in [2.45, 2.75) is 45.2 Å². The van der Waals surface area contributed by atoms with Crippen molar-refractivity contribution in [2.75, 3.05) is 5.75 Å². The van der Waals surface area contributed by atoms with Crippen LogP contribution in [0.5, 0.6) is 0 Å². The first-order valence-electron chi connectivity index (χ1n) is 12.1. The van der Waals surface area contributed by atoms with Gasteiger partial charge in [-0.25, -0.2) is 5.43 Å². The molecule has 4 aromatic rings. The van der Waals surface area contributed by atoms with E-state index in [0.717, 1.165) is 16.8 Å². The van der Waals surface area contributed by atoms with E-state index in [4.69, 9.17) is 23.2 Å². The number of halogens is 2. The topological polar surface area (TPSA) is 72.2 Å². The van der Waals surface area contributed by atoms with E-state index in [0.29, 0.717) is 32.3 Å². The first-order chi connectivity index (χ1) is 18.0. The molecule has 6 nitrogen and oxygen atoms in total. The second-order valence-corrected chi connectivity index (χ2v) is 11.7. The number of aryl methyl sites for hydroxylation is 1. The lowest BCUT2D eigenvalue weighted by atomic mass is 9.87. The zero-order valence-corrected chi connectivity index (χ0v) is 24.2. The molecular formula is C29H29Cl2N5OS. The lowest BCUT2D eigenvalue weighted by molar-refractivity contribution is -0.118. The summed E-state index contributed by atoms with van der Waals surface area (Å²) in [5.41, 5.74) is 8.19. The van der Waals surface area contributed by atoms with Crippen molar-refractivity contribution in [2.24, 2.45) is 5.10 Å². The second kappa shape index (κ2) is 11.7. The van der Waals surface area contributed by atoms with Crippen molar-refractivity contribution in [3.05, 3.63) is 93.5 Å². The van der Waals surface area contributed by atoms with Crippen molar-refractivity contribution in [1.29, 1.82) is 0 Å². The largest absolute Gasteiger partial charge is 0.272 e. The van der Waals surface area contributed by atoms with E-state index in [2.05, 4.69) is 65.8 Å². The Labute approximate surface area is 237 Å². The Bertz CT molecular complexity index is 1470. The molecule has 0 bridgehead atoms. The predicted molar refractivity (Wildman–Crippen MR) is 158 cm³/mol. The average Bonchev–Trinajstić information content (AvgIpc) is 3.30. The summed E-state index contributed by atoms with van der Waals surface area (Å²) in [6.45, 7) is 10.4. The highest BCUT2D eigenvalue weighted by atomic mass is 35.5. The number of nitrogens with zero attached hydrogens (tertiary/aromatic N) is 4. The molecule has 0 spiro atoms. The molecule has 38 heavy (non-hydrogen) atoms. The lowest BCUT2D eigenvalue weighted by Crippen LogP contribution is -2.21. The van der Waals surface area contributed by atoms with Crippen molar-refractivity contribution < 1.29 is 4.79 Å². The quantitative estimate of drug-likeness (QED) is 0.143. The number of carbonyl (C=O) groups excluding carboxylic acids is 1. The van der Waals surface area contributed by atoms with E-state index < -0.39 is 0 Å². The molecule has 0 saturated heterocycles. The van der Waals surface area contributed by atoms with Crippen molar-refractivity contribution in [1.82, 2.24) is 20.2 Å². The zero-order chi connectivity index (χ0) is 27.4. The molecule has 0 atom stereocenters. The summed E-state index contributed by atoms with van der Waals surface area (Å²) >= 11 is 13.5. The molecule has 0 aliphatic rings. The van der Waals surface area contributed by atoms with Crippen LogP contribution >= 0.6 is 35.0 Å². The molecule has 0 aliphatic heterocycles. The first kappa shape index (κ1) is 27.9. The standard InChI is InChI=1S/C29H29Cl2N5OS/c1-18-6-13-23(14-7-18)36-27(20-8-10-21(11-9-20)29(3,4)5)34-35-28(36)38-17-26(37)33-32-19(2)24-15-12-22(30)16-25(24)31/h6-16H,17H2,1-5H3,(H,33,37)/b32-19+. The number of benzene rings is 3. The van der Waals surface area contributed by atoms with Crippen molar-refractivity contribution in [3.8, 4) is 17.1 Å². The van der Waals surface area contributed by atoms with Gasteiger partial charge < -0.3 is 0 Å². The molecule has 1 aromatic heterocycles. The Morgan fingerprint density at radius 3 is 2.32 bits per heavy atom. The third-order valence-corrected chi connectivity index (χ3v) is 7.41. The number of hydrogen-bond acceptors (Lipinski definition) is 5. The van der Waals surface area contributed by atoms with Crippen LogP contribution in [0.3, 0.4) is 0 Å². The van der Waals surface area contributed by atoms with Crippen molar-refractivity contribution >= 4 is 46.6 Å². The molecule has 0 fully saturated rings. The van der Waals surface area contributed by atoms with Gasteiger partial charge in [0.1, 0.15) is 0 Å². The number of carbonyl (C=O) groups is 1. The normalized spacial score (nSPS) is 12.0. The molecule has 9 heteroatoms. The van der Waals surface area contributed by atoms with Crippen LogP contribution in [0.2, 0.25) is 10.0 Å². The number of nitrogens with one attached hydrogen (secondary N) is 1. The number of hydrogen-bond donors (Lipinski definition) is 1. The summed E-state index contributed by atoms with van der Waals surface area (Å²) in [5, 5.41) is 14.7. The average molecular weight is 567 g/mol. The molecule has 1 heterocycles. The number of aromatic nitrogens is 3. The number of amides is 1. The smallest absolute Gasteiger partial charge is 0.250 e. The van der Waals surface area contributed by atoms with Gasteiger partial charge in [-0.1, -0.05) is 104 Å². The minimum Gasteiger partial charge on any atom is -0.272 e. The monoisotopic (exact) mass is 565 g/mol. The second-order valence-electron chi connectivity index (χ2n) is 9.95. The molecule has 4 rings (SSSR count). The van der Waals surface area contributed by atoms with Gasteiger partial charge in [0, 0.05) is 21.8 Å². The zero-order valence-electron chi connectivity index (χ0n) is 21.9. The van der Waals surface area contributed by atoms with Gasteiger partial charge in [-0.2, -0.15) is 5.10 Å². The van der Waals surface area contributed by atoms with Crippen LogP contribution in [0.15, 0.2) is 77.0 Å². The summed E-state index contributed by atoms with van der Waals surface area (Å²) in [4.78, 5) is 12.6. The van der Waals surface area contributed by atoms with Gasteiger partial charge in [0.2, 0.25) is 0 Å². The van der Waals surface area contributed by atoms with Gasteiger partial charge in [-0.3, -0.25) is 9.36 Å². The van der Waals surface area contributed by atoms with Crippen LogP contribution < -0.4 is 5.43 Å². The highest BCUT2D eigenvalue weighted by Crippen LogP contribution is 2.30. The van der Waals surface area contributed by atoms with E-state index in [1.807, 2.05) is 35.8 Å². The van der Waals surface area contributed by atoms with Crippen LogP contribution in [-0.2, 0) is 10.2 Å². The molecular weight excluding hydrogens is 537 g/mol. The minimum atomic E-state index is -0.269. The van der Waals surface area contributed by atoms with Gasteiger partial charge in [0.05, 0.1) is 16.5 Å². The van der Waals surface area contributed by atoms with Crippen LogP contribution in [-0.4, -0.2) is 32.1 Å². The fraction of sp³-hybridized carbons (Fsp3) is 0.241. The predicted octanol–water partition coefficient (Wildman–Crippen LogP) is 7.48. The van der Waals surface area contributed by atoms with E-state index in [1.165, 1.54) is 17.3 Å². The number of rotatable bonds is 7. The van der Waals surface area contributed by atoms with Gasteiger partial charge in [0.15, 0.2) is 11.0 Å². The maximum Gasteiger partial charge on any atom is 0.250 e. The van der Waals surface area contributed by atoms with Crippen LogP contribution in [0.1, 0.15) is 44.4 Å². The Morgan fingerprint density at radius 2 is 1.68 bits per heavy atom. The van der Waals surface area contributed by atoms with Gasteiger partial charge in [0.25, 0.3) is 5.91 Å². The minimum absolute atomic E-state index is 0.0528. The summed E-state index contributed by atoms with van der Waals surface area (Å²) in [6.07, 6.45) is 0. The third kappa shape index (κ3) is 6.65. The third-order valence-electron chi connectivity index (χ3n) is 5.94. The summed E-state index contributed by atoms with van der Waals surface area (Å²) in [6, 6.07) is 21.7. The van der Waals surface area contributed by atoms with E-state index in [1.54, 1.807) is 25.1 Å². The first-order valence-corrected chi connectivity index (χ1v) is 13.8. The maximum atomic E-state index is 12.6. The summed E-state index contributed by atoms with van der Waals surface area (Å²) in [7, 11) is 0. The SMILES string of the molecule is C/C(=N\NC(=O)CSc1nnc(-c2ccc(C(C)(C)C)cc2)n1-c1ccc(C)cc1)c1ccc(Cl)cc1Cl. The number of thioether (sulfide) groups is 1. The highest BCUT2D eigenvalue weighted by Gasteiger charge is 2.19. The molecule has 0 aliphatic carbocycles. The molecule has 3 aromatic carbocycles. The molecule has 0 radical (unpaired) electrons. The van der Waals surface area contributed by atoms with Gasteiger partial charge in [-0.15, -0.1) is 10.2 Å². The summed E-state index contributed by atoms with van der Waals surface area (Å²) in [5.74, 6) is 0.551. The van der Waals surface area contributed by atoms with E-state index >= 15 is 0 Å². The Morgan fingerprint density at radius 1 is 1.00 bits per heavy atom. The van der Waals surface area contributed by atoms with Crippen LogP contribution in [0.25, 0.3) is 17.1 Å². The molecule has 0 saturated carbocycles. The van der Waals surface area contributed by atoms with E-state index in [9.17, 15) is 4.79 Å². The Kier molecular flexibility index (Phi) is 8.61. The van der Waals surface area contributed by atoms with E-state index in [-0.39, 0.29) is 17.1 Å². The fourth-order valence-corrected chi connectivity index (χ4v) is 5.04. The summed E-state index contributed by atoms with van der Waals surface area (Å²) < 4.78 is 1.98. The Hall–Kier alpha value is -3.13. The van der Waals surface area contributed by atoms with Crippen LogP contribution in [0.4, 0.5) is 0 Å². The molecule has 1 N–H and O–H groups in total. The number of hydrazone groups is 1. The lowest BCUT2D eigenvalue weighted by Gasteiger charge is -2.19. The van der Waals surface area contributed by atoms with Crippen molar-refractivity contribution in [3.63, 3.8) is 0 Å². The Balaban J connectivity index is 1.55. The highest BCUT2D eigenvalue weighted by molar-refractivity contribution is 7.99. The van der Waals surface area contributed by atoms with Gasteiger partial charge >= 0.3 is 0 Å². The molecule has 1 amide bonds. The maximum absolute atomic E-state index is 12.6. The fourth-order valence-electron chi connectivity index (χ4n) is 3.75. The molecule has 0 unspecified atom stereocenters. The van der Waals surface area contributed by atoms with Gasteiger partial charge in [-0.05, 0) is 49.1 Å². The van der Waals surface area contributed by atoms with Crippen LogP contribution in [0, 0.1) is 6.92 Å².